The Bertz CT molecular complexity index is 1440. The van der Waals surface area contributed by atoms with Crippen LogP contribution in [-0.4, -0.2) is 9.97 Å². The molecule has 5 rings (SSSR count). The van der Waals surface area contributed by atoms with Gasteiger partial charge in [-0.3, -0.25) is 0 Å². The van der Waals surface area contributed by atoms with Gasteiger partial charge in [0.25, 0.3) is 0 Å². The van der Waals surface area contributed by atoms with Crippen molar-refractivity contribution >= 4 is 79.9 Å². The van der Waals surface area contributed by atoms with Crippen molar-refractivity contribution in [2.24, 2.45) is 0 Å². The lowest BCUT2D eigenvalue weighted by Gasteiger charge is -2.13. The van der Waals surface area contributed by atoms with Crippen LogP contribution in [-0.2, 0) is 0 Å². The van der Waals surface area contributed by atoms with E-state index in [1.165, 1.54) is 11.8 Å². The predicted octanol–water partition coefficient (Wildman–Crippen LogP) is 8.64. The van der Waals surface area contributed by atoms with Crippen LogP contribution >= 0.6 is 46.6 Å². The normalized spacial score (nSPS) is 11.2. The van der Waals surface area contributed by atoms with Crippen LogP contribution in [0.2, 0.25) is 15.1 Å². The average molecular weight is 483 g/mol. The summed E-state index contributed by atoms with van der Waals surface area (Å²) >= 11 is 20.2. The fourth-order valence-corrected chi connectivity index (χ4v) is 4.80. The fourth-order valence-electron chi connectivity index (χ4n) is 3.24. The molecule has 0 saturated carbocycles. The molecule has 0 amide bonds. The molecule has 1 heterocycles. The van der Waals surface area contributed by atoms with Crippen molar-refractivity contribution in [1.29, 1.82) is 0 Å². The molecule has 0 saturated heterocycles. The number of hydrogen-bond acceptors (Lipinski definition) is 4. The summed E-state index contributed by atoms with van der Waals surface area (Å²) in [4.78, 5) is 10.6. The van der Waals surface area contributed by atoms with Crippen LogP contribution in [0.15, 0.2) is 88.8 Å². The number of halogens is 3. The maximum absolute atomic E-state index is 6.41. The van der Waals surface area contributed by atoms with Gasteiger partial charge >= 0.3 is 0 Å². The second kappa shape index (κ2) is 8.56. The van der Waals surface area contributed by atoms with Crippen molar-refractivity contribution in [3.05, 3.63) is 93.9 Å². The first kappa shape index (κ1) is 20.4. The van der Waals surface area contributed by atoms with Crippen LogP contribution in [0.4, 0.5) is 11.5 Å². The molecule has 0 spiro atoms. The van der Waals surface area contributed by atoms with Crippen molar-refractivity contribution in [2.75, 3.05) is 5.32 Å². The van der Waals surface area contributed by atoms with Gasteiger partial charge in [0.15, 0.2) is 5.82 Å². The number of rotatable bonds is 4. The van der Waals surface area contributed by atoms with Crippen LogP contribution < -0.4 is 5.32 Å². The van der Waals surface area contributed by atoms with E-state index in [-0.39, 0.29) is 0 Å². The molecule has 31 heavy (non-hydrogen) atoms. The van der Waals surface area contributed by atoms with E-state index in [0.717, 1.165) is 32.4 Å². The molecule has 4 aromatic carbocycles. The van der Waals surface area contributed by atoms with Gasteiger partial charge in [-0.25, -0.2) is 9.97 Å². The van der Waals surface area contributed by atoms with E-state index in [0.29, 0.717) is 25.9 Å². The van der Waals surface area contributed by atoms with Crippen LogP contribution in [0.3, 0.4) is 0 Å². The van der Waals surface area contributed by atoms with Gasteiger partial charge in [-0.05, 0) is 59.3 Å². The van der Waals surface area contributed by atoms with Gasteiger partial charge in [0, 0.05) is 20.6 Å². The Kier molecular flexibility index (Phi) is 5.63. The lowest BCUT2D eigenvalue weighted by Crippen LogP contribution is -1.99. The van der Waals surface area contributed by atoms with Crippen molar-refractivity contribution in [3.63, 3.8) is 0 Å². The highest BCUT2D eigenvalue weighted by atomic mass is 35.5. The Morgan fingerprint density at radius 2 is 1.39 bits per heavy atom. The molecular weight excluding hydrogens is 469 g/mol. The van der Waals surface area contributed by atoms with Crippen LogP contribution in [0.5, 0.6) is 0 Å². The van der Waals surface area contributed by atoms with E-state index in [9.17, 15) is 0 Å². The van der Waals surface area contributed by atoms with Gasteiger partial charge < -0.3 is 5.32 Å². The molecule has 7 heteroatoms. The first-order valence-corrected chi connectivity index (χ1v) is 11.4. The van der Waals surface area contributed by atoms with Gasteiger partial charge in [-0.15, -0.1) is 0 Å². The van der Waals surface area contributed by atoms with Crippen molar-refractivity contribution in [1.82, 2.24) is 9.97 Å². The summed E-state index contributed by atoms with van der Waals surface area (Å²) in [5.41, 5.74) is 2.42. The number of hydrogen-bond donors (Lipinski definition) is 1. The van der Waals surface area contributed by atoms with Crippen molar-refractivity contribution in [3.8, 4) is 0 Å². The van der Waals surface area contributed by atoms with E-state index in [1.807, 2.05) is 54.6 Å². The van der Waals surface area contributed by atoms with E-state index in [4.69, 9.17) is 44.8 Å². The van der Waals surface area contributed by atoms with Crippen LogP contribution in [0, 0.1) is 0 Å². The minimum absolute atomic E-state index is 0.600. The molecule has 0 radical (unpaired) electrons. The fraction of sp³-hybridized carbons (Fsp3) is 0. The van der Waals surface area contributed by atoms with Gasteiger partial charge in [0.1, 0.15) is 5.03 Å². The molecule has 152 valence electrons. The summed E-state index contributed by atoms with van der Waals surface area (Å²) in [7, 11) is 0. The molecule has 0 aliphatic heterocycles. The lowest BCUT2D eigenvalue weighted by atomic mass is 10.1. The van der Waals surface area contributed by atoms with Gasteiger partial charge in [-0.2, -0.15) is 0 Å². The second-order valence-electron chi connectivity index (χ2n) is 6.88. The number of fused-ring (bicyclic) bond motifs is 2. The largest absolute Gasteiger partial charge is 0.338 e. The zero-order valence-electron chi connectivity index (χ0n) is 15.9. The molecule has 0 aliphatic rings. The number of benzene rings is 4. The lowest BCUT2D eigenvalue weighted by molar-refractivity contribution is 1.12. The van der Waals surface area contributed by atoms with E-state index in [2.05, 4.69) is 17.4 Å². The number of aromatic nitrogens is 2. The summed E-state index contributed by atoms with van der Waals surface area (Å²) in [5, 5.41) is 8.10. The second-order valence-corrected chi connectivity index (χ2v) is 9.19. The highest BCUT2D eigenvalue weighted by molar-refractivity contribution is 7.99. The molecule has 0 unspecified atom stereocenters. The van der Waals surface area contributed by atoms with Gasteiger partial charge in [0.05, 0.1) is 16.1 Å². The molecule has 3 nitrogen and oxygen atoms in total. The molecule has 0 bridgehead atoms. The molecule has 0 atom stereocenters. The minimum Gasteiger partial charge on any atom is -0.338 e. The zero-order valence-corrected chi connectivity index (χ0v) is 19.0. The van der Waals surface area contributed by atoms with Crippen molar-refractivity contribution in [2.45, 2.75) is 9.92 Å². The van der Waals surface area contributed by atoms with Gasteiger partial charge in [-0.1, -0.05) is 76.9 Å². The minimum atomic E-state index is 0.600. The summed E-state index contributed by atoms with van der Waals surface area (Å²) in [6.45, 7) is 0. The summed E-state index contributed by atoms with van der Waals surface area (Å²) in [6.07, 6.45) is 0. The Hall–Kier alpha value is -2.50. The highest BCUT2D eigenvalue weighted by Gasteiger charge is 2.14. The molecule has 0 aliphatic carbocycles. The summed E-state index contributed by atoms with van der Waals surface area (Å²) in [6, 6.07) is 25.1. The van der Waals surface area contributed by atoms with E-state index >= 15 is 0 Å². The third-order valence-corrected chi connectivity index (χ3v) is 6.63. The Labute approximate surface area is 198 Å². The van der Waals surface area contributed by atoms with Gasteiger partial charge in [0.2, 0.25) is 0 Å². The number of anilines is 2. The Morgan fingerprint density at radius 1 is 0.677 bits per heavy atom. The van der Waals surface area contributed by atoms with Crippen LogP contribution in [0.25, 0.3) is 21.8 Å². The quantitative estimate of drug-likeness (QED) is 0.260. The highest BCUT2D eigenvalue weighted by Crippen LogP contribution is 2.39. The Morgan fingerprint density at radius 3 is 2.13 bits per heavy atom. The SMILES string of the molecule is Clc1cccc(Nc2nc3cc4ccccc4cc3nc2Sc2cc(Cl)ccc2Cl)c1. The topological polar surface area (TPSA) is 37.8 Å². The maximum Gasteiger partial charge on any atom is 0.164 e. The van der Waals surface area contributed by atoms with E-state index < -0.39 is 0 Å². The predicted molar refractivity (Wildman–Crippen MR) is 132 cm³/mol. The van der Waals surface area contributed by atoms with E-state index in [1.54, 1.807) is 12.1 Å². The van der Waals surface area contributed by atoms with Crippen LogP contribution in [0.1, 0.15) is 0 Å². The van der Waals surface area contributed by atoms with Crippen molar-refractivity contribution < 1.29 is 0 Å². The Balaban J connectivity index is 1.67. The monoisotopic (exact) mass is 481 g/mol. The summed E-state index contributed by atoms with van der Waals surface area (Å²) in [5.74, 6) is 0.617. The average Bonchev–Trinajstić information content (AvgIpc) is 2.75. The smallest absolute Gasteiger partial charge is 0.164 e. The molecule has 5 aromatic rings. The standard InChI is InChI=1S/C24H14Cl3N3S/c25-16-6-3-7-18(12-16)28-23-24(31-22-13-17(26)8-9-19(22)27)30-21-11-15-5-2-1-4-14(15)10-20(21)29-23/h1-13H,(H,28,29). The number of nitrogens with one attached hydrogen (secondary N) is 1. The zero-order chi connectivity index (χ0) is 21.4. The maximum atomic E-state index is 6.41. The molecule has 1 N–H and O–H groups in total. The summed E-state index contributed by atoms with van der Waals surface area (Å²) < 4.78 is 0. The third-order valence-electron chi connectivity index (χ3n) is 4.69. The number of nitrogens with zero attached hydrogens (tertiary/aromatic N) is 2. The first-order chi connectivity index (χ1) is 15.0. The molecule has 1 aromatic heterocycles. The third kappa shape index (κ3) is 4.43. The molecular formula is C24H14Cl3N3S. The first-order valence-electron chi connectivity index (χ1n) is 9.41. The molecule has 0 fully saturated rings.